The van der Waals surface area contributed by atoms with Crippen molar-refractivity contribution in [2.45, 2.75) is 90.4 Å². The molecule has 1 aliphatic heterocycles. The molecule has 0 aromatic heterocycles. The molecule has 5 nitrogen and oxygen atoms in total. The first-order valence-corrected chi connectivity index (χ1v) is 9.64. The van der Waals surface area contributed by atoms with Gasteiger partial charge in [0.15, 0.2) is 5.79 Å². The molecule has 0 aromatic carbocycles. The maximum Gasteiger partial charge on any atom is 0.311 e. The van der Waals surface area contributed by atoms with Crippen molar-refractivity contribution in [3.8, 4) is 0 Å². The summed E-state index contributed by atoms with van der Waals surface area (Å²) in [6.45, 7) is 7.95. The molecular formula is C19H36O5. The lowest BCUT2D eigenvalue weighted by Crippen LogP contribution is -2.31. The van der Waals surface area contributed by atoms with Crippen molar-refractivity contribution in [3.05, 3.63) is 0 Å². The fourth-order valence-corrected chi connectivity index (χ4v) is 2.89. The normalized spacial score (nSPS) is 23.5. The molecule has 142 valence electrons. The van der Waals surface area contributed by atoms with Gasteiger partial charge in [0.05, 0.1) is 26.2 Å². The van der Waals surface area contributed by atoms with Gasteiger partial charge in [0.25, 0.3) is 0 Å². The summed E-state index contributed by atoms with van der Waals surface area (Å²) < 4.78 is 22.0. The largest absolute Gasteiger partial charge is 0.466 e. The molecular weight excluding hydrogens is 308 g/mol. The lowest BCUT2D eigenvalue weighted by atomic mass is 10.1. The summed E-state index contributed by atoms with van der Waals surface area (Å²) in [5.74, 6) is -1.17. The maximum atomic E-state index is 11.5. The Balaban J connectivity index is 1.98. The van der Waals surface area contributed by atoms with Gasteiger partial charge in [-0.2, -0.15) is 0 Å². The molecule has 0 N–H and O–H groups in total. The van der Waals surface area contributed by atoms with Gasteiger partial charge in [-0.3, -0.25) is 4.79 Å². The van der Waals surface area contributed by atoms with E-state index in [-0.39, 0.29) is 18.5 Å². The van der Waals surface area contributed by atoms with E-state index < -0.39 is 5.79 Å². The van der Waals surface area contributed by atoms with Crippen LogP contribution in [0.15, 0.2) is 0 Å². The Morgan fingerprint density at radius 1 is 1.08 bits per heavy atom. The lowest BCUT2D eigenvalue weighted by molar-refractivity contribution is -0.182. The van der Waals surface area contributed by atoms with E-state index in [0.29, 0.717) is 19.8 Å². The Hall–Kier alpha value is -0.650. The Bertz CT molecular complexity index is 334. The topological polar surface area (TPSA) is 54.0 Å². The highest BCUT2D eigenvalue weighted by Crippen LogP contribution is 2.27. The highest BCUT2D eigenvalue weighted by Gasteiger charge is 2.39. The third kappa shape index (κ3) is 9.60. The molecule has 2 atom stereocenters. The van der Waals surface area contributed by atoms with Crippen LogP contribution >= 0.6 is 0 Å². The third-order valence-electron chi connectivity index (χ3n) is 4.21. The Morgan fingerprint density at radius 3 is 2.42 bits per heavy atom. The van der Waals surface area contributed by atoms with Gasteiger partial charge < -0.3 is 18.9 Å². The van der Waals surface area contributed by atoms with Gasteiger partial charge in [-0.15, -0.1) is 0 Å². The average molecular weight is 344 g/mol. The summed E-state index contributed by atoms with van der Waals surface area (Å²) >= 11 is 0. The van der Waals surface area contributed by atoms with Gasteiger partial charge in [-0.05, 0) is 20.3 Å². The van der Waals surface area contributed by atoms with Crippen molar-refractivity contribution < 1.29 is 23.7 Å². The van der Waals surface area contributed by atoms with Gasteiger partial charge in [-0.1, -0.05) is 51.9 Å². The van der Waals surface area contributed by atoms with E-state index in [1.807, 2.05) is 0 Å². The van der Waals surface area contributed by atoms with Crippen LogP contribution in [0.1, 0.15) is 78.6 Å². The van der Waals surface area contributed by atoms with E-state index in [1.165, 1.54) is 44.9 Å². The van der Waals surface area contributed by atoms with Crippen molar-refractivity contribution in [2.75, 3.05) is 26.4 Å². The van der Waals surface area contributed by atoms with Crippen LogP contribution in [0.4, 0.5) is 0 Å². The SMILES string of the molecule is CCCCCCCCCCOCC1COC(C)(CC(=O)OCC)O1. The van der Waals surface area contributed by atoms with Crippen LogP contribution in [0.3, 0.4) is 0 Å². The zero-order chi connectivity index (χ0) is 17.7. The Labute approximate surface area is 147 Å². The van der Waals surface area contributed by atoms with Gasteiger partial charge in [0, 0.05) is 6.61 Å². The molecule has 0 spiro atoms. The van der Waals surface area contributed by atoms with E-state index >= 15 is 0 Å². The first kappa shape index (κ1) is 21.4. The minimum Gasteiger partial charge on any atom is -0.466 e. The smallest absolute Gasteiger partial charge is 0.311 e. The molecule has 0 aromatic rings. The van der Waals surface area contributed by atoms with Crippen LogP contribution in [0, 0.1) is 0 Å². The second kappa shape index (κ2) is 12.7. The number of carbonyl (C=O) groups is 1. The third-order valence-corrected chi connectivity index (χ3v) is 4.21. The van der Waals surface area contributed by atoms with Crippen molar-refractivity contribution in [3.63, 3.8) is 0 Å². The monoisotopic (exact) mass is 344 g/mol. The highest BCUT2D eigenvalue weighted by molar-refractivity contribution is 5.70. The van der Waals surface area contributed by atoms with Crippen LogP contribution in [0.5, 0.6) is 0 Å². The fourth-order valence-electron chi connectivity index (χ4n) is 2.89. The van der Waals surface area contributed by atoms with Crippen molar-refractivity contribution in [1.82, 2.24) is 0 Å². The predicted molar refractivity (Wildman–Crippen MR) is 93.9 cm³/mol. The van der Waals surface area contributed by atoms with E-state index in [4.69, 9.17) is 18.9 Å². The first-order valence-electron chi connectivity index (χ1n) is 9.64. The van der Waals surface area contributed by atoms with E-state index in [1.54, 1.807) is 13.8 Å². The van der Waals surface area contributed by atoms with Crippen molar-refractivity contribution in [2.24, 2.45) is 0 Å². The van der Waals surface area contributed by atoms with Gasteiger partial charge >= 0.3 is 5.97 Å². The second-order valence-corrected chi connectivity index (χ2v) is 6.72. The number of carbonyl (C=O) groups excluding carboxylic acids is 1. The zero-order valence-electron chi connectivity index (χ0n) is 15.8. The number of hydrogen-bond acceptors (Lipinski definition) is 5. The summed E-state index contributed by atoms with van der Waals surface area (Å²) in [7, 11) is 0. The number of unbranched alkanes of at least 4 members (excludes halogenated alkanes) is 7. The van der Waals surface area contributed by atoms with Crippen LogP contribution < -0.4 is 0 Å². The fraction of sp³-hybridized carbons (Fsp3) is 0.947. The average Bonchev–Trinajstić information content (AvgIpc) is 2.90. The van der Waals surface area contributed by atoms with E-state index in [0.717, 1.165) is 13.0 Å². The molecule has 1 rings (SSSR count). The molecule has 1 fully saturated rings. The molecule has 24 heavy (non-hydrogen) atoms. The van der Waals surface area contributed by atoms with Crippen LogP contribution in [-0.2, 0) is 23.7 Å². The summed E-state index contributed by atoms with van der Waals surface area (Å²) in [4.78, 5) is 11.5. The molecule has 0 saturated carbocycles. The summed E-state index contributed by atoms with van der Waals surface area (Å²) in [6.07, 6.45) is 10.4. The van der Waals surface area contributed by atoms with E-state index in [2.05, 4.69) is 6.92 Å². The van der Waals surface area contributed by atoms with Crippen molar-refractivity contribution in [1.29, 1.82) is 0 Å². The summed E-state index contributed by atoms with van der Waals surface area (Å²) in [6, 6.07) is 0. The number of rotatable bonds is 14. The molecule has 2 unspecified atom stereocenters. The lowest BCUT2D eigenvalue weighted by Gasteiger charge is -2.22. The Kier molecular flexibility index (Phi) is 11.3. The van der Waals surface area contributed by atoms with E-state index in [9.17, 15) is 4.79 Å². The maximum absolute atomic E-state index is 11.5. The molecule has 0 radical (unpaired) electrons. The summed E-state index contributed by atoms with van der Waals surface area (Å²) in [5.41, 5.74) is 0. The molecule has 0 bridgehead atoms. The van der Waals surface area contributed by atoms with Gasteiger partial charge in [0.2, 0.25) is 0 Å². The highest BCUT2D eigenvalue weighted by atomic mass is 16.8. The first-order chi connectivity index (χ1) is 11.6. The zero-order valence-corrected chi connectivity index (χ0v) is 15.8. The molecule has 1 aliphatic rings. The molecule has 1 saturated heterocycles. The Morgan fingerprint density at radius 2 is 1.75 bits per heavy atom. The summed E-state index contributed by atoms with van der Waals surface area (Å²) in [5, 5.41) is 0. The number of ether oxygens (including phenoxy) is 4. The predicted octanol–water partition coefficient (Wildman–Crippen LogP) is 4.23. The molecule has 0 amide bonds. The van der Waals surface area contributed by atoms with Crippen molar-refractivity contribution >= 4 is 5.97 Å². The number of hydrogen-bond donors (Lipinski definition) is 0. The molecule has 1 heterocycles. The van der Waals surface area contributed by atoms with Crippen LogP contribution in [0.2, 0.25) is 0 Å². The molecule has 5 heteroatoms. The second-order valence-electron chi connectivity index (χ2n) is 6.72. The quantitative estimate of drug-likeness (QED) is 0.349. The minimum atomic E-state index is -0.876. The number of esters is 1. The van der Waals surface area contributed by atoms with Crippen LogP contribution in [-0.4, -0.2) is 44.3 Å². The van der Waals surface area contributed by atoms with Gasteiger partial charge in [-0.25, -0.2) is 0 Å². The molecule has 0 aliphatic carbocycles. The standard InChI is InChI=1S/C19H36O5/c1-4-6-7-8-9-10-11-12-13-21-15-17-16-23-19(3,24-17)14-18(20)22-5-2/h17H,4-16H2,1-3H3. The van der Waals surface area contributed by atoms with Crippen LogP contribution in [0.25, 0.3) is 0 Å². The minimum absolute atomic E-state index is 0.0986. The van der Waals surface area contributed by atoms with Gasteiger partial charge in [0.1, 0.15) is 6.10 Å².